The van der Waals surface area contributed by atoms with E-state index in [4.69, 9.17) is 5.73 Å². The number of hydrogen-bond donors (Lipinski definition) is 1. The Bertz CT molecular complexity index is 293. The van der Waals surface area contributed by atoms with Crippen molar-refractivity contribution in [2.45, 2.75) is 32.7 Å². The van der Waals surface area contributed by atoms with Gasteiger partial charge in [-0.05, 0) is 38.2 Å². The first-order chi connectivity index (χ1) is 6.16. The van der Waals surface area contributed by atoms with Crippen LogP contribution in [0.4, 0.5) is 0 Å². The fraction of sp³-hybridized carbons (Fsp3) is 0.500. The zero-order chi connectivity index (χ0) is 9.42. The Hall–Kier alpha value is -0.820. The molecule has 0 amide bonds. The topological polar surface area (TPSA) is 26.0 Å². The minimum atomic E-state index is 0.276. The Kier molecular flexibility index (Phi) is 2.12. The Morgan fingerprint density at radius 2 is 1.69 bits per heavy atom. The summed E-state index contributed by atoms with van der Waals surface area (Å²) in [6.45, 7) is 4.27. The van der Waals surface area contributed by atoms with Crippen molar-refractivity contribution in [3.05, 3.63) is 34.9 Å². The Morgan fingerprint density at radius 1 is 1.15 bits per heavy atom. The van der Waals surface area contributed by atoms with Crippen LogP contribution in [0.15, 0.2) is 18.2 Å². The molecule has 0 radical (unpaired) electrons. The molecule has 1 aliphatic carbocycles. The lowest BCUT2D eigenvalue weighted by Gasteiger charge is -2.12. The molecule has 1 saturated carbocycles. The van der Waals surface area contributed by atoms with Gasteiger partial charge in [-0.25, -0.2) is 0 Å². The highest BCUT2D eigenvalue weighted by atomic mass is 14.7. The number of nitrogens with two attached hydrogens (primary N) is 1. The summed E-state index contributed by atoms with van der Waals surface area (Å²) in [6.07, 6.45) is 2.63. The summed E-state index contributed by atoms with van der Waals surface area (Å²) < 4.78 is 0. The second-order valence-electron chi connectivity index (χ2n) is 4.28. The highest BCUT2D eigenvalue weighted by molar-refractivity contribution is 5.31. The van der Waals surface area contributed by atoms with E-state index < -0.39 is 0 Å². The second-order valence-corrected chi connectivity index (χ2v) is 4.28. The quantitative estimate of drug-likeness (QED) is 0.734. The lowest BCUT2D eigenvalue weighted by Crippen LogP contribution is -2.12. The first-order valence-electron chi connectivity index (χ1n) is 5.00. The monoisotopic (exact) mass is 175 g/mol. The standard InChI is InChI=1S/C12H17N/c1-8-5-9(2)7-11(6-8)12(13)10-3-4-10/h5-7,10,12H,3-4,13H2,1-2H3. The molecule has 13 heavy (non-hydrogen) atoms. The molecule has 0 aliphatic heterocycles. The average molecular weight is 175 g/mol. The molecule has 2 N–H and O–H groups in total. The summed E-state index contributed by atoms with van der Waals surface area (Å²) in [5.41, 5.74) is 10.1. The van der Waals surface area contributed by atoms with Gasteiger partial charge in [0.25, 0.3) is 0 Å². The van der Waals surface area contributed by atoms with Crippen molar-refractivity contribution >= 4 is 0 Å². The van der Waals surface area contributed by atoms with E-state index in [1.165, 1.54) is 29.5 Å². The average Bonchev–Trinajstić information content (AvgIpc) is 2.83. The van der Waals surface area contributed by atoms with Crippen molar-refractivity contribution in [3.63, 3.8) is 0 Å². The van der Waals surface area contributed by atoms with Gasteiger partial charge in [0.15, 0.2) is 0 Å². The molecule has 70 valence electrons. The van der Waals surface area contributed by atoms with Crippen molar-refractivity contribution < 1.29 is 0 Å². The van der Waals surface area contributed by atoms with Crippen molar-refractivity contribution in [2.75, 3.05) is 0 Å². The van der Waals surface area contributed by atoms with Crippen LogP contribution in [0.3, 0.4) is 0 Å². The van der Waals surface area contributed by atoms with E-state index >= 15 is 0 Å². The molecular weight excluding hydrogens is 158 g/mol. The first-order valence-corrected chi connectivity index (χ1v) is 5.00. The number of hydrogen-bond acceptors (Lipinski definition) is 1. The zero-order valence-electron chi connectivity index (χ0n) is 8.38. The van der Waals surface area contributed by atoms with Gasteiger partial charge in [-0.3, -0.25) is 0 Å². The van der Waals surface area contributed by atoms with Crippen LogP contribution in [0, 0.1) is 19.8 Å². The maximum Gasteiger partial charge on any atom is 0.0323 e. The van der Waals surface area contributed by atoms with E-state index in [0.717, 1.165) is 5.92 Å². The molecule has 0 saturated heterocycles. The van der Waals surface area contributed by atoms with Gasteiger partial charge >= 0.3 is 0 Å². The van der Waals surface area contributed by atoms with E-state index in [1.54, 1.807) is 0 Å². The van der Waals surface area contributed by atoms with Gasteiger partial charge in [-0.1, -0.05) is 29.3 Å². The van der Waals surface area contributed by atoms with Crippen LogP contribution < -0.4 is 5.73 Å². The van der Waals surface area contributed by atoms with Crippen LogP contribution in [-0.4, -0.2) is 0 Å². The molecule has 0 bridgehead atoms. The molecule has 0 aromatic heterocycles. The SMILES string of the molecule is Cc1cc(C)cc(C(N)C2CC2)c1. The summed E-state index contributed by atoms with van der Waals surface area (Å²) in [7, 11) is 0. The smallest absolute Gasteiger partial charge is 0.0323 e. The van der Waals surface area contributed by atoms with E-state index in [9.17, 15) is 0 Å². The largest absolute Gasteiger partial charge is 0.324 e. The van der Waals surface area contributed by atoms with Crippen LogP contribution in [0.1, 0.15) is 35.6 Å². The first kappa shape index (κ1) is 8.76. The molecular formula is C12H17N. The Labute approximate surface area is 80.0 Å². The molecule has 1 atom stereocenters. The molecule has 1 aromatic rings. The van der Waals surface area contributed by atoms with Gasteiger partial charge in [-0.15, -0.1) is 0 Å². The van der Waals surface area contributed by atoms with E-state index in [0.29, 0.717) is 0 Å². The van der Waals surface area contributed by atoms with Crippen molar-refractivity contribution in [1.29, 1.82) is 0 Å². The van der Waals surface area contributed by atoms with E-state index in [-0.39, 0.29) is 6.04 Å². The van der Waals surface area contributed by atoms with Crippen molar-refractivity contribution in [3.8, 4) is 0 Å². The van der Waals surface area contributed by atoms with Crippen LogP contribution in [0.5, 0.6) is 0 Å². The Balaban J connectivity index is 2.27. The summed E-state index contributed by atoms with van der Waals surface area (Å²) >= 11 is 0. The fourth-order valence-electron chi connectivity index (χ4n) is 1.93. The summed E-state index contributed by atoms with van der Waals surface area (Å²) in [5, 5.41) is 0. The predicted molar refractivity (Wildman–Crippen MR) is 55.6 cm³/mol. The summed E-state index contributed by atoms with van der Waals surface area (Å²) in [6, 6.07) is 6.91. The van der Waals surface area contributed by atoms with Crippen LogP contribution in [0.2, 0.25) is 0 Å². The van der Waals surface area contributed by atoms with Crippen LogP contribution in [-0.2, 0) is 0 Å². The number of rotatable bonds is 2. The third-order valence-corrected chi connectivity index (χ3v) is 2.76. The second kappa shape index (κ2) is 3.15. The third-order valence-electron chi connectivity index (χ3n) is 2.76. The summed E-state index contributed by atoms with van der Waals surface area (Å²) in [4.78, 5) is 0. The normalized spacial score (nSPS) is 18.7. The minimum absolute atomic E-state index is 0.276. The molecule has 0 spiro atoms. The van der Waals surface area contributed by atoms with Gasteiger partial charge in [0.05, 0.1) is 0 Å². The molecule has 1 heteroatoms. The molecule has 2 rings (SSSR count). The third kappa shape index (κ3) is 1.92. The molecule has 1 unspecified atom stereocenters. The Morgan fingerprint density at radius 3 is 2.15 bits per heavy atom. The van der Waals surface area contributed by atoms with Gasteiger partial charge in [0.2, 0.25) is 0 Å². The van der Waals surface area contributed by atoms with Gasteiger partial charge in [-0.2, -0.15) is 0 Å². The van der Waals surface area contributed by atoms with E-state index in [2.05, 4.69) is 32.0 Å². The predicted octanol–water partition coefficient (Wildman–Crippen LogP) is 2.71. The molecule has 1 aliphatic rings. The zero-order valence-corrected chi connectivity index (χ0v) is 8.38. The lowest BCUT2D eigenvalue weighted by atomic mass is 9.99. The maximum atomic E-state index is 6.14. The molecule has 0 heterocycles. The highest BCUT2D eigenvalue weighted by Crippen LogP contribution is 2.39. The number of aryl methyl sites for hydroxylation is 2. The molecule has 1 nitrogen and oxygen atoms in total. The molecule has 1 fully saturated rings. The van der Waals surface area contributed by atoms with Gasteiger partial charge in [0, 0.05) is 6.04 Å². The van der Waals surface area contributed by atoms with Gasteiger partial charge in [0.1, 0.15) is 0 Å². The van der Waals surface area contributed by atoms with Crippen molar-refractivity contribution in [2.24, 2.45) is 11.7 Å². The fourth-order valence-corrected chi connectivity index (χ4v) is 1.93. The number of benzene rings is 1. The molecule has 1 aromatic carbocycles. The minimum Gasteiger partial charge on any atom is -0.324 e. The van der Waals surface area contributed by atoms with Gasteiger partial charge < -0.3 is 5.73 Å². The van der Waals surface area contributed by atoms with Crippen LogP contribution >= 0.6 is 0 Å². The van der Waals surface area contributed by atoms with Crippen molar-refractivity contribution in [1.82, 2.24) is 0 Å². The maximum absolute atomic E-state index is 6.14. The van der Waals surface area contributed by atoms with E-state index in [1.807, 2.05) is 0 Å². The lowest BCUT2D eigenvalue weighted by molar-refractivity contribution is 0.632. The summed E-state index contributed by atoms with van der Waals surface area (Å²) in [5.74, 6) is 0.751. The van der Waals surface area contributed by atoms with Crippen LogP contribution in [0.25, 0.3) is 0 Å². The highest BCUT2D eigenvalue weighted by Gasteiger charge is 2.29.